The summed E-state index contributed by atoms with van der Waals surface area (Å²) in [5.74, 6) is -1.20. The molecule has 1 aliphatic carbocycles. The summed E-state index contributed by atoms with van der Waals surface area (Å²) in [4.78, 5) is 28.2. The topological polar surface area (TPSA) is 85.7 Å². The Bertz CT molecular complexity index is 1350. The summed E-state index contributed by atoms with van der Waals surface area (Å²) >= 11 is 0. The van der Waals surface area contributed by atoms with Gasteiger partial charge in [0, 0.05) is 30.6 Å². The number of hydrogen-bond donors (Lipinski definition) is 0. The molecule has 1 aliphatic heterocycles. The summed E-state index contributed by atoms with van der Waals surface area (Å²) in [6.07, 6.45) is 3.73. The van der Waals surface area contributed by atoms with Crippen LogP contribution < -0.4 is 0 Å². The van der Waals surface area contributed by atoms with Crippen molar-refractivity contribution in [1.82, 2.24) is 8.87 Å². The van der Waals surface area contributed by atoms with Crippen molar-refractivity contribution in [2.75, 3.05) is 20.2 Å². The molecule has 0 N–H and O–H groups in total. The van der Waals surface area contributed by atoms with Crippen LogP contribution in [0.4, 0.5) is 0 Å². The first-order valence-electron chi connectivity index (χ1n) is 11.1. The number of methoxy groups -OCH3 is 1. The molecule has 5 rings (SSSR count). The number of esters is 1. The van der Waals surface area contributed by atoms with Crippen LogP contribution in [0, 0.1) is 12.3 Å². The van der Waals surface area contributed by atoms with E-state index in [1.807, 2.05) is 19.1 Å². The van der Waals surface area contributed by atoms with E-state index in [4.69, 9.17) is 4.74 Å². The number of para-hydroxylation sites is 1. The van der Waals surface area contributed by atoms with Gasteiger partial charge in [-0.2, -0.15) is 0 Å². The van der Waals surface area contributed by atoms with Gasteiger partial charge >= 0.3 is 5.97 Å². The van der Waals surface area contributed by atoms with Gasteiger partial charge in [-0.1, -0.05) is 35.9 Å². The van der Waals surface area contributed by atoms with Crippen molar-refractivity contribution in [3.63, 3.8) is 0 Å². The number of carbonyl (C=O) groups excluding carboxylic acids is 2. The van der Waals surface area contributed by atoms with Crippen LogP contribution in [0.5, 0.6) is 0 Å². The van der Waals surface area contributed by atoms with Crippen molar-refractivity contribution in [3.05, 3.63) is 65.9 Å². The molecular weight excluding hydrogens is 440 g/mol. The van der Waals surface area contributed by atoms with Crippen molar-refractivity contribution < 1.29 is 22.7 Å². The second-order valence-electron chi connectivity index (χ2n) is 8.93. The Morgan fingerprint density at radius 2 is 1.70 bits per heavy atom. The molecule has 33 heavy (non-hydrogen) atoms. The molecule has 2 atom stereocenters. The standard InChI is InChI=1S/C25H26N2O5S/c1-17-9-11-18(12-10-17)33(30,31)27-16-20(19-7-3-4-8-22(19)27)21-15-25(21,24(29)32-2)23(28)26-13-5-6-14-26/h3-4,7-12,16,21H,5-6,13-15H2,1-2H3/t21-,25-/m1/s1. The van der Waals surface area contributed by atoms with Crippen LogP contribution in [-0.2, 0) is 24.3 Å². The van der Waals surface area contributed by atoms with E-state index in [9.17, 15) is 18.0 Å². The molecule has 2 heterocycles. The van der Waals surface area contributed by atoms with Crippen LogP contribution in [0.15, 0.2) is 59.6 Å². The van der Waals surface area contributed by atoms with Crippen molar-refractivity contribution >= 4 is 32.8 Å². The molecule has 1 saturated carbocycles. The highest BCUT2D eigenvalue weighted by Gasteiger charge is 2.68. The predicted octanol–water partition coefficient (Wildman–Crippen LogP) is 3.46. The van der Waals surface area contributed by atoms with Gasteiger partial charge < -0.3 is 9.64 Å². The second-order valence-corrected chi connectivity index (χ2v) is 10.7. The van der Waals surface area contributed by atoms with Gasteiger partial charge in [0.25, 0.3) is 10.0 Å². The quantitative estimate of drug-likeness (QED) is 0.425. The molecule has 2 aliphatic rings. The Morgan fingerprint density at radius 3 is 2.36 bits per heavy atom. The maximum atomic E-state index is 13.5. The zero-order valence-corrected chi connectivity index (χ0v) is 19.5. The van der Waals surface area contributed by atoms with Crippen LogP contribution in [0.1, 0.15) is 36.3 Å². The van der Waals surface area contributed by atoms with Gasteiger partial charge in [0.2, 0.25) is 5.91 Å². The number of amides is 1. The Labute approximate surface area is 193 Å². The number of fused-ring (bicyclic) bond motifs is 1. The van der Waals surface area contributed by atoms with Gasteiger partial charge in [-0.15, -0.1) is 0 Å². The summed E-state index contributed by atoms with van der Waals surface area (Å²) in [5, 5.41) is 0.721. The summed E-state index contributed by atoms with van der Waals surface area (Å²) < 4.78 is 33.3. The average molecular weight is 467 g/mol. The number of hydrogen-bond acceptors (Lipinski definition) is 5. The maximum Gasteiger partial charge on any atom is 0.322 e. The lowest BCUT2D eigenvalue weighted by Gasteiger charge is -2.22. The van der Waals surface area contributed by atoms with E-state index < -0.39 is 27.3 Å². The minimum absolute atomic E-state index is 0.184. The summed E-state index contributed by atoms with van der Waals surface area (Å²) in [5.41, 5.74) is 0.877. The predicted molar refractivity (Wildman–Crippen MR) is 123 cm³/mol. The molecule has 3 aromatic rings. The van der Waals surface area contributed by atoms with Gasteiger partial charge in [-0.3, -0.25) is 9.59 Å². The minimum atomic E-state index is -3.86. The average Bonchev–Trinajstić information content (AvgIpc) is 3.16. The fourth-order valence-corrected chi connectivity index (χ4v) is 6.43. The van der Waals surface area contributed by atoms with E-state index >= 15 is 0 Å². The SMILES string of the molecule is COC(=O)[C@]1(C(=O)N2CCCC2)C[C@@H]1c1cn(S(=O)(=O)c2ccc(C)cc2)c2ccccc12. The summed E-state index contributed by atoms with van der Waals surface area (Å²) in [7, 11) is -2.57. The van der Waals surface area contributed by atoms with Crippen LogP contribution in [0.2, 0.25) is 0 Å². The van der Waals surface area contributed by atoms with Crippen molar-refractivity contribution in [2.45, 2.75) is 37.0 Å². The molecular formula is C25H26N2O5S. The summed E-state index contributed by atoms with van der Waals surface area (Å²) in [6.45, 7) is 3.16. The number of ether oxygens (including phenoxy) is 1. The molecule has 0 radical (unpaired) electrons. The highest BCUT2D eigenvalue weighted by molar-refractivity contribution is 7.90. The number of benzene rings is 2. The van der Waals surface area contributed by atoms with Crippen molar-refractivity contribution in [3.8, 4) is 0 Å². The Hall–Kier alpha value is -3.13. The number of nitrogens with zero attached hydrogens (tertiary/aromatic N) is 2. The van der Waals surface area contributed by atoms with Gasteiger partial charge in [-0.05, 0) is 49.9 Å². The molecule has 172 valence electrons. The number of rotatable bonds is 5. The largest absolute Gasteiger partial charge is 0.468 e. The van der Waals surface area contributed by atoms with E-state index in [-0.39, 0.29) is 10.8 Å². The van der Waals surface area contributed by atoms with E-state index in [0.717, 1.165) is 23.8 Å². The van der Waals surface area contributed by atoms with Gasteiger partial charge in [0.15, 0.2) is 5.41 Å². The number of carbonyl (C=O) groups is 2. The second kappa shape index (κ2) is 7.73. The molecule has 0 spiro atoms. The molecule has 1 aromatic heterocycles. The van der Waals surface area contributed by atoms with Crippen LogP contribution in [0.3, 0.4) is 0 Å². The Morgan fingerprint density at radius 1 is 1.03 bits per heavy atom. The first-order valence-corrected chi connectivity index (χ1v) is 12.5. The van der Waals surface area contributed by atoms with Crippen molar-refractivity contribution in [2.24, 2.45) is 5.41 Å². The lowest BCUT2D eigenvalue weighted by molar-refractivity contribution is -0.155. The lowest BCUT2D eigenvalue weighted by atomic mass is 9.97. The zero-order valence-electron chi connectivity index (χ0n) is 18.7. The van der Waals surface area contributed by atoms with Crippen LogP contribution >= 0.6 is 0 Å². The molecule has 1 saturated heterocycles. The first-order chi connectivity index (χ1) is 15.8. The molecule has 2 aromatic carbocycles. The molecule has 2 fully saturated rings. The molecule has 0 bridgehead atoms. The Balaban J connectivity index is 1.62. The molecule has 7 nitrogen and oxygen atoms in total. The highest BCUT2D eigenvalue weighted by atomic mass is 32.2. The monoisotopic (exact) mass is 466 g/mol. The zero-order chi connectivity index (χ0) is 23.4. The number of likely N-dealkylation sites (tertiary alicyclic amines) is 1. The third-order valence-electron chi connectivity index (χ3n) is 6.95. The van der Waals surface area contributed by atoms with E-state index in [2.05, 4.69) is 0 Å². The third kappa shape index (κ3) is 3.27. The van der Waals surface area contributed by atoms with E-state index in [0.29, 0.717) is 30.6 Å². The van der Waals surface area contributed by atoms with E-state index in [1.54, 1.807) is 47.5 Å². The minimum Gasteiger partial charge on any atom is -0.468 e. The van der Waals surface area contributed by atoms with Crippen molar-refractivity contribution in [1.29, 1.82) is 0 Å². The highest BCUT2D eigenvalue weighted by Crippen LogP contribution is 2.62. The fourth-order valence-electron chi connectivity index (χ4n) is 5.05. The molecule has 8 heteroatoms. The number of aryl methyl sites for hydroxylation is 1. The van der Waals surface area contributed by atoms with E-state index in [1.165, 1.54) is 11.1 Å². The lowest BCUT2D eigenvalue weighted by Crippen LogP contribution is -2.40. The maximum absolute atomic E-state index is 13.5. The normalized spacial score (nSPS) is 22.5. The van der Waals surface area contributed by atoms with Crippen LogP contribution in [0.25, 0.3) is 10.9 Å². The Kier molecular flexibility index (Phi) is 5.08. The van der Waals surface area contributed by atoms with Gasteiger partial charge in [-0.25, -0.2) is 12.4 Å². The smallest absolute Gasteiger partial charge is 0.322 e. The number of aromatic nitrogens is 1. The van der Waals surface area contributed by atoms with Crippen LogP contribution in [-0.4, -0.2) is 49.4 Å². The first kappa shape index (κ1) is 21.7. The fraction of sp³-hybridized carbons (Fsp3) is 0.360. The summed E-state index contributed by atoms with van der Waals surface area (Å²) in [6, 6.07) is 13.9. The van der Waals surface area contributed by atoms with Gasteiger partial charge in [0.1, 0.15) is 0 Å². The van der Waals surface area contributed by atoms with Gasteiger partial charge in [0.05, 0.1) is 17.5 Å². The molecule has 1 amide bonds. The third-order valence-corrected chi connectivity index (χ3v) is 8.64. The molecule has 0 unspecified atom stereocenters.